The molecule has 0 fully saturated rings. The molecule has 2 rings (SSSR count). The Hall–Kier alpha value is -1.07. The third-order valence-electron chi connectivity index (χ3n) is 2.77. The summed E-state index contributed by atoms with van der Waals surface area (Å²) in [6, 6.07) is 6.91. The fraction of sp³-hybridized carbons (Fsp3) is 0.214. The second kappa shape index (κ2) is 7.09. The van der Waals surface area contributed by atoms with Crippen molar-refractivity contribution in [3.8, 4) is 0 Å². The highest BCUT2D eigenvalue weighted by molar-refractivity contribution is 7.07. The molecule has 0 bridgehead atoms. The minimum Gasteiger partial charge on any atom is -0.387 e. The maximum absolute atomic E-state index is 11.8. The molecular formula is C14H13Cl2NO2S. The molecule has 3 nitrogen and oxygen atoms in total. The van der Waals surface area contributed by atoms with Crippen molar-refractivity contribution in [3.05, 3.63) is 56.2 Å². The highest BCUT2D eigenvalue weighted by atomic mass is 35.5. The van der Waals surface area contributed by atoms with Gasteiger partial charge in [0.25, 0.3) is 0 Å². The second-order valence-electron chi connectivity index (χ2n) is 4.30. The Morgan fingerprint density at radius 1 is 1.30 bits per heavy atom. The predicted octanol–water partition coefficient (Wildman–Crippen LogP) is 3.45. The van der Waals surface area contributed by atoms with E-state index in [1.807, 2.05) is 16.8 Å². The van der Waals surface area contributed by atoms with E-state index in [0.29, 0.717) is 10.0 Å². The number of halogens is 2. The van der Waals surface area contributed by atoms with E-state index in [1.165, 1.54) is 11.3 Å². The smallest absolute Gasteiger partial charge is 0.224 e. The molecule has 0 aliphatic heterocycles. The molecule has 0 aliphatic rings. The third-order valence-corrected chi connectivity index (χ3v) is 4.21. The van der Waals surface area contributed by atoms with Crippen molar-refractivity contribution < 1.29 is 9.90 Å². The molecule has 0 saturated carbocycles. The fourth-order valence-electron chi connectivity index (χ4n) is 1.69. The Morgan fingerprint density at radius 2 is 2.10 bits per heavy atom. The van der Waals surface area contributed by atoms with Crippen molar-refractivity contribution in [1.29, 1.82) is 0 Å². The zero-order valence-electron chi connectivity index (χ0n) is 10.5. The van der Waals surface area contributed by atoms with Crippen LogP contribution in [0.2, 0.25) is 10.0 Å². The Kier molecular flexibility index (Phi) is 5.43. The molecule has 1 aromatic carbocycles. The summed E-state index contributed by atoms with van der Waals surface area (Å²) in [6.45, 7) is 0.191. The van der Waals surface area contributed by atoms with E-state index in [0.717, 1.165) is 11.1 Å². The standard InChI is InChI=1S/C14H13Cl2NO2S/c15-11-2-1-9(5-12(11)16)6-14(19)17-7-13(18)10-3-4-20-8-10/h1-5,8,13,18H,6-7H2,(H,17,19). The lowest BCUT2D eigenvalue weighted by molar-refractivity contribution is -0.120. The molecule has 0 saturated heterocycles. The van der Waals surface area contributed by atoms with Gasteiger partial charge < -0.3 is 10.4 Å². The van der Waals surface area contributed by atoms with Gasteiger partial charge in [0.15, 0.2) is 0 Å². The van der Waals surface area contributed by atoms with Crippen LogP contribution in [0.15, 0.2) is 35.0 Å². The Balaban J connectivity index is 1.85. The van der Waals surface area contributed by atoms with Crippen molar-refractivity contribution >= 4 is 40.4 Å². The summed E-state index contributed by atoms with van der Waals surface area (Å²) >= 11 is 13.2. The van der Waals surface area contributed by atoms with Gasteiger partial charge in [-0.05, 0) is 40.1 Å². The number of nitrogens with one attached hydrogen (secondary N) is 1. The van der Waals surface area contributed by atoms with E-state index in [4.69, 9.17) is 23.2 Å². The summed E-state index contributed by atoms with van der Waals surface area (Å²) in [6.07, 6.45) is -0.480. The zero-order valence-corrected chi connectivity index (χ0v) is 12.8. The first-order valence-electron chi connectivity index (χ1n) is 5.97. The third kappa shape index (κ3) is 4.21. The van der Waals surface area contributed by atoms with Crippen LogP contribution in [0.25, 0.3) is 0 Å². The van der Waals surface area contributed by atoms with Crippen LogP contribution < -0.4 is 5.32 Å². The van der Waals surface area contributed by atoms with Crippen molar-refractivity contribution in [2.75, 3.05) is 6.54 Å². The lowest BCUT2D eigenvalue weighted by atomic mass is 10.1. The number of carbonyl (C=O) groups is 1. The van der Waals surface area contributed by atoms with Gasteiger partial charge in [-0.15, -0.1) is 0 Å². The summed E-state index contributed by atoms with van der Waals surface area (Å²) < 4.78 is 0. The average Bonchev–Trinajstić information content (AvgIpc) is 2.94. The molecule has 2 N–H and O–H groups in total. The largest absolute Gasteiger partial charge is 0.387 e. The minimum atomic E-state index is -0.681. The van der Waals surface area contributed by atoms with Gasteiger partial charge in [0.1, 0.15) is 0 Å². The number of thiophene rings is 1. The summed E-state index contributed by atoms with van der Waals surface area (Å²) in [5.41, 5.74) is 1.59. The number of aliphatic hydroxyl groups is 1. The van der Waals surface area contributed by atoms with Gasteiger partial charge in [0.2, 0.25) is 5.91 Å². The Morgan fingerprint density at radius 3 is 2.75 bits per heavy atom. The van der Waals surface area contributed by atoms with Crippen molar-refractivity contribution in [2.45, 2.75) is 12.5 Å². The SMILES string of the molecule is O=C(Cc1ccc(Cl)c(Cl)c1)NCC(O)c1ccsc1. The number of benzene rings is 1. The monoisotopic (exact) mass is 329 g/mol. The van der Waals surface area contributed by atoms with Crippen LogP contribution in [0.1, 0.15) is 17.2 Å². The zero-order chi connectivity index (χ0) is 14.5. The highest BCUT2D eigenvalue weighted by Crippen LogP contribution is 2.22. The molecule has 0 spiro atoms. The number of hydrogen-bond donors (Lipinski definition) is 2. The Labute approximate surface area is 131 Å². The van der Waals surface area contributed by atoms with E-state index in [-0.39, 0.29) is 18.9 Å². The number of rotatable bonds is 5. The molecule has 6 heteroatoms. The van der Waals surface area contributed by atoms with E-state index >= 15 is 0 Å². The van der Waals surface area contributed by atoms with Crippen LogP contribution in [0.3, 0.4) is 0 Å². The van der Waals surface area contributed by atoms with E-state index in [1.54, 1.807) is 18.2 Å². The van der Waals surface area contributed by atoms with Crippen LogP contribution >= 0.6 is 34.5 Å². The Bertz CT molecular complexity index is 587. The molecule has 1 atom stereocenters. The summed E-state index contributed by atoms with van der Waals surface area (Å²) in [7, 11) is 0. The summed E-state index contributed by atoms with van der Waals surface area (Å²) in [4.78, 5) is 11.8. The number of hydrogen-bond acceptors (Lipinski definition) is 3. The molecular weight excluding hydrogens is 317 g/mol. The maximum atomic E-state index is 11.8. The van der Waals surface area contributed by atoms with Crippen LogP contribution in [0.5, 0.6) is 0 Å². The van der Waals surface area contributed by atoms with Gasteiger partial charge in [-0.1, -0.05) is 29.3 Å². The number of carbonyl (C=O) groups excluding carboxylic acids is 1. The van der Waals surface area contributed by atoms with Gasteiger partial charge in [-0.25, -0.2) is 0 Å². The van der Waals surface area contributed by atoms with E-state index in [9.17, 15) is 9.90 Å². The molecule has 1 aromatic heterocycles. The van der Waals surface area contributed by atoms with E-state index in [2.05, 4.69) is 5.32 Å². The van der Waals surface area contributed by atoms with Gasteiger partial charge >= 0.3 is 0 Å². The van der Waals surface area contributed by atoms with Crippen molar-refractivity contribution in [1.82, 2.24) is 5.32 Å². The van der Waals surface area contributed by atoms with Crippen LogP contribution in [-0.2, 0) is 11.2 Å². The normalized spacial score (nSPS) is 12.2. The molecule has 20 heavy (non-hydrogen) atoms. The van der Waals surface area contributed by atoms with Crippen molar-refractivity contribution in [2.24, 2.45) is 0 Å². The first-order valence-corrected chi connectivity index (χ1v) is 7.67. The summed E-state index contributed by atoms with van der Waals surface area (Å²) in [5, 5.41) is 17.2. The number of aliphatic hydroxyl groups excluding tert-OH is 1. The maximum Gasteiger partial charge on any atom is 0.224 e. The molecule has 1 heterocycles. The predicted molar refractivity (Wildman–Crippen MR) is 82.5 cm³/mol. The first kappa shape index (κ1) is 15.3. The molecule has 1 unspecified atom stereocenters. The minimum absolute atomic E-state index is 0.169. The van der Waals surface area contributed by atoms with Gasteiger partial charge in [0, 0.05) is 6.54 Å². The first-order chi connectivity index (χ1) is 9.56. The second-order valence-corrected chi connectivity index (χ2v) is 5.90. The highest BCUT2D eigenvalue weighted by Gasteiger charge is 2.10. The van der Waals surface area contributed by atoms with Gasteiger partial charge in [0.05, 0.1) is 22.6 Å². The topological polar surface area (TPSA) is 49.3 Å². The molecule has 0 aliphatic carbocycles. The van der Waals surface area contributed by atoms with Gasteiger partial charge in [-0.2, -0.15) is 11.3 Å². The van der Waals surface area contributed by atoms with Crippen LogP contribution in [0, 0.1) is 0 Å². The van der Waals surface area contributed by atoms with Crippen LogP contribution in [0.4, 0.5) is 0 Å². The molecule has 0 radical (unpaired) electrons. The lowest BCUT2D eigenvalue weighted by Gasteiger charge is -2.10. The van der Waals surface area contributed by atoms with Crippen molar-refractivity contribution in [3.63, 3.8) is 0 Å². The lowest BCUT2D eigenvalue weighted by Crippen LogP contribution is -2.29. The quantitative estimate of drug-likeness (QED) is 0.882. The summed E-state index contributed by atoms with van der Waals surface area (Å²) in [5.74, 6) is -0.169. The molecule has 2 aromatic rings. The molecule has 1 amide bonds. The van der Waals surface area contributed by atoms with Crippen LogP contribution in [-0.4, -0.2) is 17.6 Å². The average molecular weight is 330 g/mol. The fourth-order valence-corrected chi connectivity index (χ4v) is 2.72. The van der Waals surface area contributed by atoms with Gasteiger partial charge in [-0.3, -0.25) is 4.79 Å². The molecule has 106 valence electrons. The van der Waals surface area contributed by atoms with E-state index < -0.39 is 6.10 Å². The number of amides is 1.